The molecule has 0 amide bonds. The Morgan fingerprint density at radius 1 is 0.260 bits per heavy atom. The Morgan fingerprint density at radius 2 is 0.700 bits per heavy atom. The van der Waals surface area contributed by atoms with Crippen molar-refractivity contribution in [3.63, 3.8) is 0 Å². The summed E-state index contributed by atoms with van der Waals surface area (Å²) >= 11 is 0. The third kappa shape index (κ3) is 4.63. The van der Waals surface area contributed by atoms with Crippen LogP contribution in [0.4, 0.5) is 0 Å². The van der Waals surface area contributed by atoms with Crippen molar-refractivity contribution in [3.05, 3.63) is 176 Å². The molecule has 3 nitrogen and oxygen atoms in total. The van der Waals surface area contributed by atoms with Crippen molar-refractivity contribution in [2.75, 3.05) is 0 Å². The minimum Gasteiger partial charge on any atom is -0.208 e. The lowest BCUT2D eigenvalue weighted by molar-refractivity contribution is 1.07. The van der Waals surface area contributed by atoms with Crippen molar-refractivity contribution in [3.8, 4) is 45.3 Å². The van der Waals surface area contributed by atoms with Gasteiger partial charge in [0.05, 0.1) is 0 Å². The fraction of sp³-hybridized carbons (Fsp3) is 0. The van der Waals surface area contributed by atoms with Crippen LogP contribution in [-0.4, -0.2) is 15.0 Å². The molecule has 0 fully saturated rings. The Hall–Kier alpha value is -6.71. The van der Waals surface area contributed by atoms with E-state index in [4.69, 9.17) is 15.0 Å². The lowest BCUT2D eigenvalue weighted by atomic mass is 9.87. The first-order valence-corrected chi connectivity index (χ1v) is 16.9. The zero-order valence-electron chi connectivity index (χ0n) is 27.1. The number of rotatable bonds is 4. The summed E-state index contributed by atoms with van der Waals surface area (Å²) in [5.41, 5.74) is 5.21. The smallest absolute Gasteiger partial charge is 0.164 e. The zero-order chi connectivity index (χ0) is 33.0. The van der Waals surface area contributed by atoms with E-state index >= 15 is 0 Å². The zero-order valence-corrected chi connectivity index (χ0v) is 27.1. The molecule has 0 unspecified atom stereocenters. The second kappa shape index (κ2) is 11.5. The summed E-state index contributed by atoms with van der Waals surface area (Å²) in [7, 11) is 0. The van der Waals surface area contributed by atoms with Gasteiger partial charge in [-0.05, 0) is 77.1 Å². The van der Waals surface area contributed by atoms with Crippen LogP contribution >= 0.6 is 0 Å². The molecule has 232 valence electrons. The summed E-state index contributed by atoms with van der Waals surface area (Å²) in [6.45, 7) is 0. The summed E-state index contributed by atoms with van der Waals surface area (Å²) < 4.78 is 0. The van der Waals surface area contributed by atoms with Crippen molar-refractivity contribution >= 4 is 53.9 Å². The highest BCUT2D eigenvalue weighted by atomic mass is 15.0. The first kappa shape index (κ1) is 28.3. The van der Waals surface area contributed by atoms with Crippen LogP contribution in [0.3, 0.4) is 0 Å². The van der Waals surface area contributed by atoms with Gasteiger partial charge in [-0.1, -0.05) is 164 Å². The molecule has 0 saturated carbocycles. The predicted molar refractivity (Wildman–Crippen MR) is 209 cm³/mol. The van der Waals surface area contributed by atoms with Crippen LogP contribution in [0.25, 0.3) is 99.2 Å². The molecule has 0 radical (unpaired) electrons. The van der Waals surface area contributed by atoms with Crippen molar-refractivity contribution in [1.82, 2.24) is 15.0 Å². The molecule has 10 rings (SSSR count). The van der Waals surface area contributed by atoms with E-state index in [1.165, 1.54) is 54.0 Å². The topological polar surface area (TPSA) is 38.7 Å². The summed E-state index contributed by atoms with van der Waals surface area (Å²) in [4.78, 5) is 15.0. The maximum atomic E-state index is 5.04. The molecule has 0 atom stereocenters. The molecule has 0 spiro atoms. The number of hydrogen-bond donors (Lipinski definition) is 0. The van der Waals surface area contributed by atoms with Gasteiger partial charge in [-0.25, -0.2) is 15.0 Å². The number of fused-ring (bicyclic) bond motifs is 9. The van der Waals surface area contributed by atoms with Crippen molar-refractivity contribution in [2.24, 2.45) is 0 Å². The average molecular weight is 636 g/mol. The van der Waals surface area contributed by atoms with Crippen LogP contribution in [0.2, 0.25) is 0 Å². The Balaban J connectivity index is 1.15. The van der Waals surface area contributed by atoms with Gasteiger partial charge in [0, 0.05) is 16.7 Å². The Morgan fingerprint density at radius 3 is 1.38 bits per heavy atom. The minimum absolute atomic E-state index is 0.648. The number of nitrogens with zero attached hydrogens (tertiary/aromatic N) is 3. The molecular formula is C47H29N3. The molecule has 0 aliphatic heterocycles. The molecule has 0 bridgehead atoms. The summed E-state index contributed by atoms with van der Waals surface area (Å²) in [5.74, 6) is 1.96. The van der Waals surface area contributed by atoms with Gasteiger partial charge in [0.25, 0.3) is 0 Å². The number of hydrogen-bond acceptors (Lipinski definition) is 3. The second-order valence-corrected chi connectivity index (χ2v) is 12.8. The molecule has 10 aromatic rings. The van der Waals surface area contributed by atoms with Crippen molar-refractivity contribution in [2.45, 2.75) is 0 Å². The average Bonchev–Trinajstić information content (AvgIpc) is 3.20. The fourth-order valence-electron chi connectivity index (χ4n) is 7.48. The maximum absolute atomic E-state index is 5.04. The fourth-order valence-corrected chi connectivity index (χ4v) is 7.48. The van der Waals surface area contributed by atoms with Gasteiger partial charge in [-0.2, -0.15) is 0 Å². The molecule has 1 aromatic heterocycles. The second-order valence-electron chi connectivity index (χ2n) is 12.8. The van der Waals surface area contributed by atoms with E-state index in [9.17, 15) is 0 Å². The van der Waals surface area contributed by atoms with Crippen LogP contribution in [0.15, 0.2) is 176 Å². The highest BCUT2D eigenvalue weighted by Gasteiger charge is 2.16. The lowest BCUT2D eigenvalue weighted by Gasteiger charge is -2.16. The maximum Gasteiger partial charge on any atom is 0.164 e. The Labute approximate surface area is 289 Å². The van der Waals surface area contributed by atoms with Crippen LogP contribution in [0.1, 0.15) is 0 Å². The van der Waals surface area contributed by atoms with Crippen LogP contribution < -0.4 is 0 Å². The third-order valence-corrected chi connectivity index (χ3v) is 9.88. The summed E-state index contributed by atoms with van der Waals surface area (Å²) in [5, 5.41) is 12.5. The molecular weight excluding hydrogens is 607 g/mol. The van der Waals surface area contributed by atoms with Gasteiger partial charge in [0.1, 0.15) is 0 Å². The van der Waals surface area contributed by atoms with E-state index in [2.05, 4.69) is 146 Å². The van der Waals surface area contributed by atoms with Gasteiger partial charge in [-0.15, -0.1) is 0 Å². The molecule has 3 heteroatoms. The first-order valence-electron chi connectivity index (χ1n) is 16.9. The highest BCUT2D eigenvalue weighted by Crippen LogP contribution is 2.43. The van der Waals surface area contributed by atoms with Gasteiger partial charge in [0.2, 0.25) is 0 Å². The monoisotopic (exact) mass is 635 g/mol. The van der Waals surface area contributed by atoms with Crippen molar-refractivity contribution < 1.29 is 0 Å². The third-order valence-electron chi connectivity index (χ3n) is 9.88. The number of aromatic nitrogens is 3. The van der Waals surface area contributed by atoms with Crippen LogP contribution in [-0.2, 0) is 0 Å². The first-order chi connectivity index (χ1) is 24.8. The largest absolute Gasteiger partial charge is 0.208 e. The van der Waals surface area contributed by atoms with Crippen LogP contribution in [0.5, 0.6) is 0 Å². The number of benzene rings is 9. The summed E-state index contributed by atoms with van der Waals surface area (Å²) in [6, 6.07) is 62.3. The van der Waals surface area contributed by atoms with Crippen LogP contribution in [0, 0.1) is 0 Å². The van der Waals surface area contributed by atoms with E-state index in [0.717, 1.165) is 27.6 Å². The molecule has 0 aliphatic rings. The SMILES string of the molecule is c1ccc(-c2nc(-c3ccc(-c4cc5c6ccccc6c6ccccc6c5c5ccccc45)cc3)nc(-c3ccc4ccccc4c3)n2)cc1. The lowest BCUT2D eigenvalue weighted by Crippen LogP contribution is -2.00. The predicted octanol–water partition coefficient (Wildman–Crippen LogP) is 12.3. The normalized spacial score (nSPS) is 11.6. The van der Waals surface area contributed by atoms with Gasteiger partial charge in [-0.3, -0.25) is 0 Å². The quantitative estimate of drug-likeness (QED) is 0.181. The Kier molecular flexibility index (Phi) is 6.49. The van der Waals surface area contributed by atoms with Crippen molar-refractivity contribution in [1.29, 1.82) is 0 Å². The van der Waals surface area contributed by atoms with E-state index < -0.39 is 0 Å². The van der Waals surface area contributed by atoms with Gasteiger partial charge in [0.15, 0.2) is 17.5 Å². The standard InChI is InChI=1S/C47H29N3/c1-2-13-32(14-3-1)45-48-46(50-47(49-45)35-27-22-30-12-4-5-15-34(30)28-35)33-25-23-31(24-26-33)42-29-43-38-18-7-6-16-36(38)37-17-8-10-20-40(37)44(43)41-21-11-9-19-39(41)42/h1-29H. The molecule has 9 aromatic carbocycles. The molecule has 0 saturated heterocycles. The highest BCUT2D eigenvalue weighted by molar-refractivity contribution is 6.33. The molecule has 0 aliphatic carbocycles. The molecule has 50 heavy (non-hydrogen) atoms. The Bertz CT molecular complexity index is 2910. The van der Waals surface area contributed by atoms with Gasteiger partial charge < -0.3 is 0 Å². The minimum atomic E-state index is 0.648. The molecule has 0 N–H and O–H groups in total. The van der Waals surface area contributed by atoms with E-state index in [0.29, 0.717) is 17.5 Å². The summed E-state index contributed by atoms with van der Waals surface area (Å²) in [6.07, 6.45) is 0. The molecule has 1 heterocycles. The van der Waals surface area contributed by atoms with Gasteiger partial charge >= 0.3 is 0 Å². The van der Waals surface area contributed by atoms with E-state index in [1.807, 2.05) is 30.3 Å². The van der Waals surface area contributed by atoms with E-state index in [-0.39, 0.29) is 0 Å². The van der Waals surface area contributed by atoms with E-state index in [1.54, 1.807) is 0 Å².